The van der Waals surface area contributed by atoms with Crippen LogP contribution in [-0.4, -0.2) is 0 Å². The number of hydrogen-bond acceptors (Lipinski definition) is 2. The third-order valence-corrected chi connectivity index (χ3v) is 7.03. The first-order valence-electron chi connectivity index (χ1n) is 13.4. The lowest BCUT2D eigenvalue weighted by molar-refractivity contribution is 0.520. The molecule has 0 fully saturated rings. The SMILES string of the molecule is CCCCCCCCCCc1ccc2c(oc(=O)c3cc(-c4ccc(CCC)cc4)ccc32)c1F. The van der Waals surface area contributed by atoms with E-state index < -0.39 is 5.63 Å². The Kier molecular flexibility index (Phi) is 8.74. The summed E-state index contributed by atoms with van der Waals surface area (Å²) >= 11 is 0. The summed E-state index contributed by atoms with van der Waals surface area (Å²) in [6.07, 6.45) is 12.5. The minimum atomic E-state index is -0.486. The van der Waals surface area contributed by atoms with Crippen LogP contribution in [0, 0.1) is 5.82 Å². The van der Waals surface area contributed by atoms with E-state index in [1.807, 2.05) is 30.3 Å². The number of aryl methyl sites for hydroxylation is 2. The fourth-order valence-electron chi connectivity index (χ4n) is 4.98. The van der Waals surface area contributed by atoms with Gasteiger partial charge in [-0.3, -0.25) is 0 Å². The Hall–Kier alpha value is -2.94. The predicted octanol–water partition coefficient (Wildman–Crippen LogP) is 9.39. The van der Waals surface area contributed by atoms with Gasteiger partial charge in [-0.2, -0.15) is 0 Å². The molecule has 0 bridgehead atoms. The summed E-state index contributed by atoms with van der Waals surface area (Å²) < 4.78 is 20.8. The van der Waals surface area contributed by atoms with Crippen molar-refractivity contribution in [3.05, 3.63) is 82.0 Å². The van der Waals surface area contributed by atoms with Gasteiger partial charge in [-0.1, -0.05) is 114 Å². The Bertz CT molecular complexity index is 1320. The largest absolute Gasteiger partial charge is 0.419 e. The van der Waals surface area contributed by atoms with Crippen molar-refractivity contribution in [3.63, 3.8) is 0 Å². The second-order valence-corrected chi connectivity index (χ2v) is 9.74. The van der Waals surface area contributed by atoms with Gasteiger partial charge in [0.05, 0.1) is 5.39 Å². The monoisotopic (exact) mass is 472 g/mol. The zero-order valence-electron chi connectivity index (χ0n) is 21.2. The highest BCUT2D eigenvalue weighted by molar-refractivity contribution is 6.05. The molecule has 0 radical (unpaired) electrons. The molecule has 0 unspecified atom stereocenters. The molecule has 0 spiro atoms. The maximum Gasteiger partial charge on any atom is 0.344 e. The van der Waals surface area contributed by atoms with Gasteiger partial charge < -0.3 is 4.42 Å². The molecular formula is C32H37FO2. The lowest BCUT2D eigenvalue weighted by Crippen LogP contribution is -2.03. The first-order chi connectivity index (χ1) is 17.1. The number of unbranched alkanes of at least 4 members (excludes halogenated alkanes) is 7. The molecule has 4 aromatic rings. The van der Waals surface area contributed by atoms with Crippen molar-refractivity contribution >= 4 is 21.7 Å². The van der Waals surface area contributed by atoms with Crippen LogP contribution < -0.4 is 5.63 Å². The summed E-state index contributed by atoms with van der Waals surface area (Å²) in [5.41, 5.74) is 3.55. The Morgan fingerprint density at radius 1 is 0.657 bits per heavy atom. The second kappa shape index (κ2) is 12.2. The molecule has 184 valence electrons. The van der Waals surface area contributed by atoms with E-state index in [-0.39, 0.29) is 11.4 Å². The quantitative estimate of drug-likeness (QED) is 0.117. The van der Waals surface area contributed by atoms with E-state index in [1.165, 1.54) is 44.1 Å². The van der Waals surface area contributed by atoms with Crippen LogP contribution in [0.1, 0.15) is 82.8 Å². The summed E-state index contributed by atoms with van der Waals surface area (Å²) in [7, 11) is 0. The summed E-state index contributed by atoms with van der Waals surface area (Å²) in [6, 6.07) is 18.0. The molecule has 0 amide bonds. The van der Waals surface area contributed by atoms with Crippen molar-refractivity contribution in [1.82, 2.24) is 0 Å². The van der Waals surface area contributed by atoms with Gasteiger partial charge in [0.15, 0.2) is 11.4 Å². The van der Waals surface area contributed by atoms with Crippen LogP contribution in [0.25, 0.3) is 32.9 Å². The van der Waals surface area contributed by atoms with E-state index in [2.05, 4.69) is 38.1 Å². The molecule has 0 saturated heterocycles. The number of benzene rings is 3. The Labute approximate surface area is 208 Å². The molecule has 0 aliphatic heterocycles. The van der Waals surface area contributed by atoms with Crippen LogP contribution in [0.15, 0.2) is 63.8 Å². The fourth-order valence-corrected chi connectivity index (χ4v) is 4.98. The molecular weight excluding hydrogens is 435 g/mol. The standard InChI is InChI=1S/C32H37FO2/c1-3-5-6-7-8-9-10-11-13-25-18-21-28-27-20-19-26(24-16-14-23(12-4-2)15-17-24)22-29(27)32(34)35-31(28)30(25)33/h14-22H,3-13H2,1-2H3. The normalized spacial score (nSPS) is 11.5. The lowest BCUT2D eigenvalue weighted by atomic mass is 9.97. The molecule has 3 heteroatoms. The van der Waals surface area contributed by atoms with Crippen molar-refractivity contribution in [2.75, 3.05) is 0 Å². The van der Waals surface area contributed by atoms with Crippen molar-refractivity contribution in [1.29, 1.82) is 0 Å². The molecule has 0 atom stereocenters. The van der Waals surface area contributed by atoms with Gasteiger partial charge in [0.25, 0.3) is 0 Å². The zero-order valence-corrected chi connectivity index (χ0v) is 21.2. The molecule has 0 saturated carbocycles. The predicted molar refractivity (Wildman–Crippen MR) is 146 cm³/mol. The third kappa shape index (κ3) is 6.01. The second-order valence-electron chi connectivity index (χ2n) is 9.74. The van der Waals surface area contributed by atoms with Crippen molar-refractivity contribution in [2.24, 2.45) is 0 Å². The summed E-state index contributed by atoms with van der Waals surface area (Å²) in [4.78, 5) is 12.9. The lowest BCUT2D eigenvalue weighted by Gasteiger charge is -2.09. The van der Waals surface area contributed by atoms with Gasteiger partial charge in [0, 0.05) is 10.8 Å². The highest BCUT2D eigenvalue weighted by atomic mass is 19.1. The van der Waals surface area contributed by atoms with Crippen LogP contribution in [0.3, 0.4) is 0 Å². The smallest absolute Gasteiger partial charge is 0.344 e. The minimum absolute atomic E-state index is 0.0798. The van der Waals surface area contributed by atoms with Gasteiger partial charge in [0.2, 0.25) is 0 Å². The van der Waals surface area contributed by atoms with Crippen LogP contribution >= 0.6 is 0 Å². The fraction of sp³-hybridized carbons (Fsp3) is 0.406. The first kappa shape index (κ1) is 25.2. The number of fused-ring (bicyclic) bond motifs is 3. The van der Waals surface area contributed by atoms with Gasteiger partial charge >= 0.3 is 5.63 Å². The third-order valence-electron chi connectivity index (χ3n) is 7.03. The Morgan fingerprint density at radius 3 is 2.03 bits per heavy atom. The average Bonchev–Trinajstić information content (AvgIpc) is 2.88. The zero-order chi connectivity index (χ0) is 24.6. The molecule has 0 aliphatic carbocycles. The number of halogens is 1. The average molecular weight is 473 g/mol. The summed E-state index contributed by atoms with van der Waals surface area (Å²) in [5, 5.41) is 1.88. The minimum Gasteiger partial charge on any atom is -0.419 e. The van der Waals surface area contributed by atoms with Gasteiger partial charge in [-0.15, -0.1) is 0 Å². The van der Waals surface area contributed by atoms with Crippen molar-refractivity contribution < 1.29 is 8.81 Å². The molecule has 1 heterocycles. The van der Waals surface area contributed by atoms with Crippen molar-refractivity contribution in [3.8, 4) is 11.1 Å². The van der Waals surface area contributed by atoms with E-state index in [9.17, 15) is 4.79 Å². The highest BCUT2D eigenvalue weighted by Gasteiger charge is 2.15. The van der Waals surface area contributed by atoms with Gasteiger partial charge in [0.1, 0.15) is 0 Å². The van der Waals surface area contributed by atoms with Crippen molar-refractivity contribution in [2.45, 2.75) is 84.5 Å². The van der Waals surface area contributed by atoms with E-state index in [1.54, 1.807) is 0 Å². The van der Waals surface area contributed by atoms with E-state index >= 15 is 4.39 Å². The first-order valence-corrected chi connectivity index (χ1v) is 13.4. The number of hydrogen-bond donors (Lipinski definition) is 0. The maximum absolute atomic E-state index is 15.3. The van der Waals surface area contributed by atoms with Crippen LogP contribution in [0.5, 0.6) is 0 Å². The van der Waals surface area contributed by atoms with Crippen LogP contribution in [0.4, 0.5) is 4.39 Å². The molecule has 2 nitrogen and oxygen atoms in total. The molecule has 3 aromatic carbocycles. The summed E-state index contributed by atoms with van der Waals surface area (Å²) in [6.45, 7) is 4.40. The summed E-state index contributed by atoms with van der Waals surface area (Å²) in [5.74, 6) is -0.389. The van der Waals surface area contributed by atoms with E-state index in [4.69, 9.17) is 4.42 Å². The molecule has 0 aliphatic rings. The molecule has 35 heavy (non-hydrogen) atoms. The van der Waals surface area contributed by atoms with Crippen LogP contribution in [0.2, 0.25) is 0 Å². The molecule has 1 aromatic heterocycles. The highest BCUT2D eigenvalue weighted by Crippen LogP contribution is 2.30. The van der Waals surface area contributed by atoms with E-state index in [0.29, 0.717) is 22.8 Å². The van der Waals surface area contributed by atoms with Crippen LogP contribution in [-0.2, 0) is 12.8 Å². The van der Waals surface area contributed by atoms with E-state index in [0.717, 1.165) is 42.2 Å². The molecule has 4 rings (SSSR count). The Morgan fingerprint density at radius 2 is 1.31 bits per heavy atom. The van der Waals surface area contributed by atoms with Gasteiger partial charge in [-0.25, -0.2) is 9.18 Å². The topological polar surface area (TPSA) is 30.2 Å². The van der Waals surface area contributed by atoms with Gasteiger partial charge in [-0.05, 0) is 47.6 Å². The maximum atomic E-state index is 15.3. The Balaban J connectivity index is 1.52. The number of rotatable bonds is 12. The molecule has 0 N–H and O–H groups in total.